The van der Waals surface area contributed by atoms with Gasteiger partial charge in [-0.05, 0) is 80.7 Å². The van der Waals surface area contributed by atoms with Gasteiger partial charge in [-0.15, -0.1) is 0 Å². The first-order valence-corrected chi connectivity index (χ1v) is 26.2. The van der Waals surface area contributed by atoms with Crippen molar-refractivity contribution in [3.8, 4) is 0 Å². The van der Waals surface area contributed by atoms with Gasteiger partial charge in [0, 0.05) is 87.9 Å². The van der Waals surface area contributed by atoms with E-state index in [2.05, 4.69) is 27.1 Å². The predicted octanol–water partition coefficient (Wildman–Crippen LogP) is 6.01. The van der Waals surface area contributed by atoms with Crippen LogP contribution in [0, 0.1) is 5.92 Å². The number of nitrogens with one attached hydrogen (secondary N) is 2. The number of piperazine rings is 2. The molecule has 4 atom stereocenters. The van der Waals surface area contributed by atoms with Gasteiger partial charge in [0.25, 0.3) is 0 Å². The Hall–Kier alpha value is -5.31. The fourth-order valence-electron chi connectivity index (χ4n) is 11.2. The van der Waals surface area contributed by atoms with Gasteiger partial charge in [-0.1, -0.05) is 123 Å². The van der Waals surface area contributed by atoms with Crippen LogP contribution >= 0.6 is 0 Å². The average Bonchev–Trinajstić information content (AvgIpc) is 3.78. The summed E-state index contributed by atoms with van der Waals surface area (Å²) in [6, 6.07) is 30.6. The van der Waals surface area contributed by atoms with Crippen LogP contribution in [-0.2, 0) is 42.0 Å². The summed E-state index contributed by atoms with van der Waals surface area (Å²) in [6.45, 7) is 3.32. The van der Waals surface area contributed by atoms with Gasteiger partial charge < -0.3 is 24.9 Å². The maximum Gasteiger partial charge on any atom is 0.312 e. The van der Waals surface area contributed by atoms with Crippen molar-refractivity contribution in [1.82, 2.24) is 29.6 Å². The first-order chi connectivity index (χ1) is 32.5. The van der Waals surface area contributed by atoms with Crippen LogP contribution in [0.15, 0.2) is 102 Å². The van der Waals surface area contributed by atoms with Gasteiger partial charge in [0.1, 0.15) is 0 Å². The fraction of sp³-hybridized carbons (Fsp3) is 0.509. The minimum Gasteiger partial charge on any atom is -0.377 e. The molecule has 0 radical (unpaired) electrons. The fourth-order valence-corrected chi connectivity index (χ4v) is 12.5. The minimum atomic E-state index is -3.82. The number of unbranched alkanes of at least 4 members (excludes halogenated alkanes) is 1. The molecule has 0 aromatic heterocycles. The lowest BCUT2D eigenvalue weighted by molar-refractivity contribution is -0.162. The van der Waals surface area contributed by atoms with Gasteiger partial charge in [0.05, 0.1) is 10.9 Å². The monoisotopic (exact) mass is 932 g/mol. The largest absolute Gasteiger partial charge is 0.377 e. The van der Waals surface area contributed by atoms with E-state index in [1.807, 2.05) is 96.7 Å². The number of amides is 4. The number of carbonyl (C=O) groups is 4. The van der Waals surface area contributed by atoms with Crippen LogP contribution in [-0.4, -0.2) is 136 Å². The Bertz CT molecular complexity index is 2450. The van der Waals surface area contributed by atoms with Gasteiger partial charge in [-0.3, -0.25) is 24.1 Å². The normalized spacial score (nSPS) is 21.6. The number of sulfonamides is 1. The zero-order chi connectivity index (χ0) is 46.9. The summed E-state index contributed by atoms with van der Waals surface area (Å²) < 4.78 is 30.4. The van der Waals surface area contributed by atoms with Gasteiger partial charge in [-0.25, -0.2) is 13.1 Å². The number of hydrogen-bond donors (Lipinski definition) is 2. The van der Waals surface area contributed by atoms with Crippen molar-refractivity contribution >= 4 is 50.1 Å². The molecule has 4 aliphatic rings. The summed E-state index contributed by atoms with van der Waals surface area (Å²) in [5, 5.41) is 4.35. The van der Waals surface area contributed by atoms with Crippen LogP contribution in [0.5, 0.6) is 0 Å². The molecular weight excluding hydrogens is 863 g/mol. The Morgan fingerprint density at radius 2 is 1.43 bits per heavy atom. The zero-order valence-electron chi connectivity index (χ0n) is 39.4. The lowest BCUT2D eigenvalue weighted by Crippen LogP contribution is -2.64. The number of anilines is 1. The maximum absolute atomic E-state index is 14.6. The molecule has 8 rings (SSSR count). The minimum absolute atomic E-state index is 0.0171. The number of benzene rings is 4. The van der Waals surface area contributed by atoms with Crippen molar-refractivity contribution in [3.05, 3.63) is 108 Å². The zero-order valence-corrected chi connectivity index (χ0v) is 40.2. The molecule has 358 valence electrons. The second-order valence-electron chi connectivity index (χ2n) is 19.5. The number of nitrogens with zero attached hydrogens (tertiary/aromatic N) is 5. The lowest BCUT2D eigenvalue weighted by Gasteiger charge is -2.46. The summed E-state index contributed by atoms with van der Waals surface area (Å²) in [4.78, 5) is 65.4. The number of fused-ring (bicyclic) bond motifs is 1. The molecule has 14 heteroatoms. The van der Waals surface area contributed by atoms with Gasteiger partial charge in [0.2, 0.25) is 10.0 Å². The van der Waals surface area contributed by atoms with E-state index in [1.54, 1.807) is 21.9 Å². The third-order valence-corrected chi connectivity index (χ3v) is 16.3. The van der Waals surface area contributed by atoms with Crippen LogP contribution in [0.2, 0.25) is 0 Å². The first-order valence-electron chi connectivity index (χ1n) is 24.7. The number of likely N-dealkylation sites (tertiary alicyclic amines) is 1. The van der Waals surface area contributed by atoms with E-state index in [4.69, 9.17) is 0 Å². The highest BCUT2D eigenvalue weighted by Gasteiger charge is 2.44. The molecule has 4 aromatic rings. The van der Waals surface area contributed by atoms with Gasteiger partial charge in [0.15, 0.2) is 0 Å². The molecule has 4 fully saturated rings. The predicted molar refractivity (Wildman–Crippen MR) is 263 cm³/mol. The molecule has 3 saturated heterocycles. The van der Waals surface area contributed by atoms with E-state index in [0.717, 1.165) is 73.7 Å². The molecule has 13 nitrogen and oxygen atoms in total. The van der Waals surface area contributed by atoms with E-state index in [-0.39, 0.29) is 35.6 Å². The van der Waals surface area contributed by atoms with Crippen LogP contribution in [0.3, 0.4) is 0 Å². The third-order valence-electron chi connectivity index (χ3n) is 14.8. The number of rotatable bonds is 20. The molecule has 2 N–H and O–H groups in total. The molecule has 0 spiro atoms. The summed E-state index contributed by atoms with van der Waals surface area (Å²) in [7, 11) is 0.0694. The van der Waals surface area contributed by atoms with Crippen molar-refractivity contribution in [2.75, 3.05) is 64.8 Å². The Kier molecular flexibility index (Phi) is 16.0. The molecule has 4 aromatic carbocycles. The van der Waals surface area contributed by atoms with E-state index in [1.165, 1.54) is 6.42 Å². The third kappa shape index (κ3) is 11.7. The smallest absolute Gasteiger partial charge is 0.312 e. The SMILES string of the molecule is CN(C)c1cccc2c(S(=O)(=O)NCCCC[C@H]3CN(C(CC4CCCCC4)CN4CCC[C@H]4CN4C(=O)C(=O)NC[C@@H]4Cc4ccccc4)C(=O)C(=O)N3CCc3ccccc3)cccc12. The second kappa shape index (κ2) is 22.2. The van der Waals surface area contributed by atoms with Gasteiger partial charge >= 0.3 is 23.6 Å². The van der Waals surface area contributed by atoms with Crippen LogP contribution < -0.4 is 14.9 Å². The Morgan fingerprint density at radius 3 is 2.18 bits per heavy atom. The summed E-state index contributed by atoms with van der Waals surface area (Å²) in [6.07, 6.45) is 11.5. The van der Waals surface area contributed by atoms with Crippen LogP contribution in [0.1, 0.15) is 81.8 Å². The summed E-state index contributed by atoms with van der Waals surface area (Å²) in [5.74, 6) is -1.53. The van der Waals surface area contributed by atoms with E-state index >= 15 is 0 Å². The van der Waals surface area contributed by atoms with Crippen molar-refractivity contribution < 1.29 is 27.6 Å². The first kappa shape index (κ1) is 48.2. The molecule has 1 aliphatic carbocycles. The van der Waals surface area contributed by atoms with E-state index < -0.39 is 33.7 Å². The molecule has 67 heavy (non-hydrogen) atoms. The number of hydrogen-bond acceptors (Lipinski definition) is 8. The summed E-state index contributed by atoms with van der Waals surface area (Å²) in [5.41, 5.74) is 3.15. The second-order valence-corrected chi connectivity index (χ2v) is 21.2. The highest BCUT2D eigenvalue weighted by molar-refractivity contribution is 7.89. The Morgan fingerprint density at radius 1 is 0.716 bits per heavy atom. The van der Waals surface area contributed by atoms with Crippen LogP contribution in [0.4, 0.5) is 5.69 Å². The topological polar surface area (TPSA) is 143 Å². The lowest BCUT2D eigenvalue weighted by atomic mass is 9.84. The van der Waals surface area contributed by atoms with Crippen molar-refractivity contribution in [2.24, 2.45) is 5.92 Å². The average molecular weight is 932 g/mol. The summed E-state index contributed by atoms with van der Waals surface area (Å²) >= 11 is 0. The molecular formula is C53H69N7O6S. The van der Waals surface area contributed by atoms with Crippen molar-refractivity contribution in [2.45, 2.75) is 113 Å². The molecule has 1 unspecified atom stereocenters. The molecule has 1 saturated carbocycles. The van der Waals surface area contributed by atoms with Crippen LogP contribution in [0.25, 0.3) is 10.8 Å². The molecule has 0 bridgehead atoms. The highest BCUT2D eigenvalue weighted by atomic mass is 32.2. The van der Waals surface area contributed by atoms with Crippen molar-refractivity contribution in [3.63, 3.8) is 0 Å². The standard InChI is InChI=1S/C53H69N7O6S/c1-56(2)48-27-14-26-47-46(48)25-15-28-49(47)67(65,66)55-30-13-12-23-43-38-60(53(64)52(63)58(43)32-29-39-17-6-3-7-18-39)45(34-41-21-10-5-11-22-41)36-57-31-16-24-42(57)37-59-44(35-54-50(61)51(59)62)33-40-19-8-4-9-20-40/h3-4,6-9,14-15,17-20,25-28,41-45,55H,5,10-13,16,21-24,29-38H2,1-2H3,(H,54,61)/t42-,43-,44-,45?/m0/s1. The van der Waals surface area contributed by atoms with Gasteiger partial charge in [-0.2, -0.15) is 0 Å². The molecule has 4 amide bonds. The number of carbonyl (C=O) groups excluding carboxylic acids is 4. The molecule has 3 heterocycles. The van der Waals surface area contributed by atoms with E-state index in [9.17, 15) is 27.6 Å². The Labute approximate surface area is 397 Å². The van der Waals surface area contributed by atoms with Crippen molar-refractivity contribution in [1.29, 1.82) is 0 Å². The highest BCUT2D eigenvalue weighted by Crippen LogP contribution is 2.33. The maximum atomic E-state index is 14.6. The molecule has 3 aliphatic heterocycles. The quantitative estimate of drug-likeness (QED) is 0.0812. The van der Waals surface area contributed by atoms with E-state index in [0.29, 0.717) is 76.1 Å². The Balaban J connectivity index is 0.983.